The fourth-order valence-corrected chi connectivity index (χ4v) is 0.608. The van der Waals surface area contributed by atoms with E-state index in [1.165, 1.54) is 0 Å². The first kappa shape index (κ1) is 10.7. The molecule has 0 rings (SSSR count). The van der Waals surface area contributed by atoms with E-state index in [1.54, 1.807) is 13.1 Å². The molecule has 4 heteroatoms. The van der Waals surface area contributed by atoms with Crippen LogP contribution in [0.3, 0.4) is 0 Å². The Hall–Kier alpha value is -1.32. The third kappa shape index (κ3) is 5.46. The van der Waals surface area contributed by atoms with Crippen LogP contribution in [0.2, 0.25) is 0 Å². The molecule has 0 aromatic carbocycles. The summed E-state index contributed by atoms with van der Waals surface area (Å²) in [6.07, 6.45) is 4.59. The van der Waals surface area contributed by atoms with Crippen molar-refractivity contribution in [2.24, 2.45) is 4.99 Å². The standard InChI is InChI=1S/C8H14N2O2/c1-3-4-5-7(9-2)10-6-8(11)12/h4-5H,3,6H2,1-2H3,(H,9,10)(H,11,12)/b5-4-. The molecule has 0 fully saturated rings. The summed E-state index contributed by atoms with van der Waals surface area (Å²) in [5.74, 6) is -0.291. The summed E-state index contributed by atoms with van der Waals surface area (Å²) >= 11 is 0. The molecule has 12 heavy (non-hydrogen) atoms. The van der Waals surface area contributed by atoms with Crippen LogP contribution < -0.4 is 5.32 Å². The number of carboxylic acid groups (broad SMARTS) is 1. The van der Waals surface area contributed by atoms with E-state index >= 15 is 0 Å². The first-order valence-corrected chi connectivity index (χ1v) is 3.79. The van der Waals surface area contributed by atoms with E-state index in [9.17, 15) is 4.79 Å². The SMILES string of the molecule is CC/C=C\C(=NC)NCC(=O)O. The van der Waals surface area contributed by atoms with Crippen molar-refractivity contribution in [3.8, 4) is 0 Å². The number of nitrogens with one attached hydrogen (secondary N) is 1. The Morgan fingerprint density at radius 2 is 2.33 bits per heavy atom. The van der Waals surface area contributed by atoms with Gasteiger partial charge in [0.25, 0.3) is 0 Å². The molecule has 0 unspecified atom stereocenters. The molecule has 0 saturated carbocycles. The van der Waals surface area contributed by atoms with Crippen molar-refractivity contribution in [2.75, 3.05) is 13.6 Å². The lowest BCUT2D eigenvalue weighted by molar-refractivity contribution is -0.135. The number of carbonyl (C=O) groups is 1. The minimum absolute atomic E-state index is 0.0965. The monoisotopic (exact) mass is 170 g/mol. The molecule has 0 saturated heterocycles. The number of hydrogen-bond donors (Lipinski definition) is 2. The number of amidine groups is 1. The first-order chi connectivity index (χ1) is 5.70. The highest BCUT2D eigenvalue weighted by Crippen LogP contribution is 1.81. The number of aliphatic imine (C=N–C) groups is 1. The number of carboxylic acids is 1. The minimum atomic E-state index is -0.888. The molecule has 0 aliphatic heterocycles. The van der Waals surface area contributed by atoms with E-state index in [-0.39, 0.29) is 6.54 Å². The van der Waals surface area contributed by atoms with E-state index in [1.807, 2.05) is 13.0 Å². The van der Waals surface area contributed by atoms with Crippen LogP contribution in [0.1, 0.15) is 13.3 Å². The van der Waals surface area contributed by atoms with Gasteiger partial charge in [0, 0.05) is 7.05 Å². The summed E-state index contributed by atoms with van der Waals surface area (Å²) in [5.41, 5.74) is 0. The van der Waals surface area contributed by atoms with Gasteiger partial charge >= 0.3 is 5.97 Å². The zero-order chi connectivity index (χ0) is 9.40. The number of nitrogens with zero attached hydrogens (tertiary/aromatic N) is 1. The third-order valence-electron chi connectivity index (χ3n) is 1.17. The molecule has 0 aliphatic carbocycles. The molecule has 0 atom stereocenters. The number of hydrogen-bond acceptors (Lipinski definition) is 2. The lowest BCUT2D eigenvalue weighted by Crippen LogP contribution is -2.27. The molecule has 4 nitrogen and oxygen atoms in total. The Morgan fingerprint density at radius 3 is 2.75 bits per heavy atom. The molecule has 2 N–H and O–H groups in total. The van der Waals surface area contributed by atoms with Crippen LogP contribution in [0.4, 0.5) is 0 Å². The van der Waals surface area contributed by atoms with E-state index in [0.717, 1.165) is 6.42 Å². The zero-order valence-electron chi connectivity index (χ0n) is 7.37. The Kier molecular flexibility index (Phi) is 5.69. The van der Waals surface area contributed by atoms with Crippen LogP contribution in [-0.2, 0) is 4.79 Å². The van der Waals surface area contributed by atoms with Crippen molar-refractivity contribution in [1.82, 2.24) is 5.32 Å². The molecule has 0 bridgehead atoms. The molecular weight excluding hydrogens is 156 g/mol. The number of allylic oxidation sites excluding steroid dienone is 1. The van der Waals surface area contributed by atoms with Crippen LogP contribution in [-0.4, -0.2) is 30.5 Å². The molecule has 0 amide bonds. The maximum absolute atomic E-state index is 10.2. The summed E-state index contributed by atoms with van der Waals surface area (Å²) < 4.78 is 0. The van der Waals surface area contributed by atoms with Crippen molar-refractivity contribution >= 4 is 11.8 Å². The van der Waals surface area contributed by atoms with Gasteiger partial charge in [-0.3, -0.25) is 9.79 Å². The van der Waals surface area contributed by atoms with Crippen molar-refractivity contribution in [2.45, 2.75) is 13.3 Å². The van der Waals surface area contributed by atoms with Gasteiger partial charge < -0.3 is 10.4 Å². The highest BCUT2D eigenvalue weighted by atomic mass is 16.4. The Morgan fingerprint density at radius 1 is 1.67 bits per heavy atom. The second kappa shape index (κ2) is 6.39. The molecule has 0 heterocycles. The molecule has 0 spiro atoms. The largest absolute Gasteiger partial charge is 0.480 e. The van der Waals surface area contributed by atoms with Crippen LogP contribution >= 0.6 is 0 Å². The van der Waals surface area contributed by atoms with Crippen LogP contribution in [0.25, 0.3) is 0 Å². The van der Waals surface area contributed by atoms with Crippen molar-refractivity contribution in [3.63, 3.8) is 0 Å². The normalized spacial score (nSPS) is 12.0. The van der Waals surface area contributed by atoms with Gasteiger partial charge in [0.05, 0.1) is 0 Å². The number of aliphatic carboxylic acids is 1. The topological polar surface area (TPSA) is 61.7 Å². The summed E-state index contributed by atoms with van der Waals surface area (Å²) in [6, 6.07) is 0. The Balaban J connectivity index is 3.85. The highest BCUT2D eigenvalue weighted by Gasteiger charge is 1.96. The van der Waals surface area contributed by atoms with Crippen molar-refractivity contribution in [3.05, 3.63) is 12.2 Å². The lowest BCUT2D eigenvalue weighted by atomic mass is 10.4. The van der Waals surface area contributed by atoms with Crippen molar-refractivity contribution < 1.29 is 9.90 Å². The lowest BCUT2D eigenvalue weighted by Gasteiger charge is -2.00. The predicted molar refractivity (Wildman–Crippen MR) is 48.4 cm³/mol. The minimum Gasteiger partial charge on any atom is -0.480 e. The molecule has 68 valence electrons. The van der Waals surface area contributed by atoms with E-state index < -0.39 is 5.97 Å². The van der Waals surface area contributed by atoms with Gasteiger partial charge in [-0.05, 0) is 12.5 Å². The highest BCUT2D eigenvalue weighted by molar-refractivity contribution is 5.94. The van der Waals surface area contributed by atoms with E-state index in [4.69, 9.17) is 5.11 Å². The van der Waals surface area contributed by atoms with Crippen molar-refractivity contribution in [1.29, 1.82) is 0 Å². The average molecular weight is 170 g/mol. The average Bonchev–Trinajstić information content (AvgIpc) is 2.05. The van der Waals surface area contributed by atoms with Crippen LogP contribution in [0.5, 0.6) is 0 Å². The van der Waals surface area contributed by atoms with Gasteiger partial charge in [0.2, 0.25) is 0 Å². The maximum atomic E-state index is 10.2. The first-order valence-electron chi connectivity index (χ1n) is 3.79. The van der Waals surface area contributed by atoms with Gasteiger partial charge in [-0.1, -0.05) is 13.0 Å². The molecular formula is C8H14N2O2. The predicted octanol–water partition coefficient (Wildman–Crippen LogP) is 0.655. The summed E-state index contributed by atoms with van der Waals surface area (Å²) in [5, 5.41) is 11.0. The second-order valence-electron chi connectivity index (χ2n) is 2.17. The molecule has 0 radical (unpaired) electrons. The van der Waals surface area contributed by atoms with Crippen LogP contribution in [0, 0.1) is 0 Å². The fraction of sp³-hybridized carbons (Fsp3) is 0.500. The smallest absolute Gasteiger partial charge is 0.322 e. The molecule has 0 aromatic heterocycles. The van der Waals surface area contributed by atoms with Gasteiger partial charge in [0.15, 0.2) is 0 Å². The van der Waals surface area contributed by atoms with Gasteiger partial charge in [-0.25, -0.2) is 0 Å². The molecule has 0 aliphatic rings. The third-order valence-corrected chi connectivity index (χ3v) is 1.17. The van der Waals surface area contributed by atoms with E-state index in [0.29, 0.717) is 5.84 Å². The summed E-state index contributed by atoms with van der Waals surface area (Å²) in [4.78, 5) is 14.0. The van der Waals surface area contributed by atoms with Gasteiger partial charge in [-0.2, -0.15) is 0 Å². The van der Waals surface area contributed by atoms with Crippen LogP contribution in [0.15, 0.2) is 17.1 Å². The fourth-order valence-electron chi connectivity index (χ4n) is 0.608. The Labute approximate surface area is 72.0 Å². The van der Waals surface area contributed by atoms with E-state index in [2.05, 4.69) is 10.3 Å². The zero-order valence-corrected chi connectivity index (χ0v) is 7.37. The molecule has 0 aromatic rings. The summed E-state index contributed by atoms with van der Waals surface area (Å²) in [6.45, 7) is 1.90. The van der Waals surface area contributed by atoms with Gasteiger partial charge in [-0.15, -0.1) is 0 Å². The maximum Gasteiger partial charge on any atom is 0.322 e. The number of rotatable bonds is 4. The second-order valence-corrected chi connectivity index (χ2v) is 2.17. The quantitative estimate of drug-likeness (QED) is 0.481. The van der Waals surface area contributed by atoms with Gasteiger partial charge in [0.1, 0.15) is 12.4 Å². The Bertz CT molecular complexity index is 197. The summed E-state index contributed by atoms with van der Waals surface area (Å²) in [7, 11) is 1.62.